The van der Waals surface area contributed by atoms with E-state index in [0.717, 1.165) is 6.54 Å². The maximum atomic E-state index is 4.33. The normalized spacial score (nSPS) is 17.1. The number of rotatable bonds is 3. The summed E-state index contributed by atoms with van der Waals surface area (Å²) in [5.41, 5.74) is 1.31. The lowest BCUT2D eigenvalue weighted by molar-refractivity contribution is 0.483. The van der Waals surface area contributed by atoms with Crippen molar-refractivity contribution in [1.82, 2.24) is 10.3 Å². The zero-order valence-electron chi connectivity index (χ0n) is 10.4. The van der Waals surface area contributed by atoms with Gasteiger partial charge in [-0.05, 0) is 35.3 Å². The number of hydrogen-bond donors (Lipinski definition) is 1. The maximum absolute atomic E-state index is 4.33. The Morgan fingerprint density at radius 1 is 1.17 bits per heavy atom. The quantitative estimate of drug-likeness (QED) is 0.915. The zero-order valence-corrected chi connectivity index (χ0v) is 11.2. The number of fused-ring (bicyclic) bond motifs is 1. The number of nitrogens with one attached hydrogen (secondary N) is 1. The van der Waals surface area contributed by atoms with Gasteiger partial charge in [0.2, 0.25) is 0 Å². The van der Waals surface area contributed by atoms with Crippen molar-refractivity contribution in [2.45, 2.75) is 25.4 Å². The van der Waals surface area contributed by atoms with Crippen molar-refractivity contribution < 1.29 is 0 Å². The predicted octanol–water partition coefficient (Wildman–Crippen LogP) is 3.22. The van der Waals surface area contributed by atoms with E-state index >= 15 is 0 Å². The Kier molecular flexibility index (Phi) is 3.81. The fourth-order valence-corrected chi connectivity index (χ4v) is 3.58. The Balaban J connectivity index is 1.74. The highest BCUT2D eigenvalue weighted by atomic mass is 32.2. The van der Waals surface area contributed by atoms with E-state index in [1.54, 1.807) is 0 Å². The van der Waals surface area contributed by atoms with Gasteiger partial charge in [0.25, 0.3) is 0 Å². The van der Waals surface area contributed by atoms with E-state index in [0.29, 0.717) is 6.04 Å². The van der Waals surface area contributed by atoms with Gasteiger partial charge >= 0.3 is 0 Å². The van der Waals surface area contributed by atoms with Crippen molar-refractivity contribution in [3.05, 3.63) is 42.2 Å². The summed E-state index contributed by atoms with van der Waals surface area (Å²) in [5.74, 6) is 2.59. The third kappa shape index (κ3) is 2.68. The summed E-state index contributed by atoms with van der Waals surface area (Å²) < 4.78 is 0. The van der Waals surface area contributed by atoms with Crippen molar-refractivity contribution in [3.8, 4) is 0 Å². The van der Waals surface area contributed by atoms with Crippen LogP contribution in [0, 0.1) is 0 Å². The SMILES string of the molecule is c1ccc2c(CNC3CCSCC3)cncc2c1. The van der Waals surface area contributed by atoms with Gasteiger partial charge in [0, 0.05) is 30.4 Å². The van der Waals surface area contributed by atoms with E-state index in [1.165, 1.54) is 40.7 Å². The van der Waals surface area contributed by atoms with Crippen LogP contribution in [-0.2, 0) is 6.54 Å². The van der Waals surface area contributed by atoms with Crippen molar-refractivity contribution >= 4 is 22.5 Å². The summed E-state index contributed by atoms with van der Waals surface area (Å²) in [6.45, 7) is 0.934. The van der Waals surface area contributed by atoms with Crippen LogP contribution in [0.2, 0.25) is 0 Å². The first kappa shape index (κ1) is 12.0. The molecule has 18 heavy (non-hydrogen) atoms. The molecule has 94 valence electrons. The molecule has 0 spiro atoms. The van der Waals surface area contributed by atoms with Crippen LogP contribution in [0.1, 0.15) is 18.4 Å². The molecule has 2 aromatic rings. The largest absolute Gasteiger partial charge is 0.310 e. The van der Waals surface area contributed by atoms with Crippen LogP contribution < -0.4 is 5.32 Å². The van der Waals surface area contributed by atoms with Gasteiger partial charge in [-0.2, -0.15) is 11.8 Å². The Morgan fingerprint density at radius 3 is 2.89 bits per heavy atom. The minimum atomic E-state index is 0.685. The summed E-state index contributed by atoms with van der Waals surface area (Å²) >= 11 is 2.07. The Morgan fingerprint density at radius 2 is 2.00 bits per heavy atom. The molecule has 0 amide bonds. The molecule has 0 atom stereocenters. The molecule has 1 aliphatic heterocycles. The molecular weight excluding hydrogens is 240 g/mol. The van der Waals surface area contributed by atoms with Crippen LogP contribution in [0.25, 0.3) is 10.8 Å². The Bertz CT molecular complexity index is 515. The molecule has 3 rings (SSSR count). The lowest BCUT2D eigenvalue weighted by Gasteiger charge is -2.22. The van der Waals surface area contributed by atoms with Crippen molar-refractivity contribution in [3.63, 3.8) is 0 Å². The number of thioether (sulfide) groups is 1. The Labute approximate surface area is 112 Å². The summed E-state index contributed by atoms with van der Waals surface area (Å²) in [6, 6.07) is 9.17. The van der Waals surface area contributed by atoms with Crippen LogP contribution in [0.15, 0.2) is 36.7 Å². The standard InChI is InChI=1S/C15H18N2S/c1-2-4-15-12(3-1)9-16-10-13(15)11-17-14-5-7-18-8-6-14/h1-4,9-10,14,17H,5-8,11H2. The highest BCUT2D eigenvalue weighted by molar-refractivity contribution is 7.99. The molecular formula is C15H18N2S. The average Bonchev–Trinajstić information content (AvgIpc) is 2.46. The first-order chi connectivity index (χ1) is 8.93. The van der Waals surface area contributed by atoms with Gasteiger partial charge in [-0.25, -0.2) is 0 Å². The van der Waals surface area contributed by atoms with Gasteiger partial charge in [-0.15, -0.1) is 0 Å². The number of benzene rings is 1. The van der Waals surface area contributed by atoms with Gasteiger partial charge in [-0.3, -0.25) is 4.98 Å². The van der Waals surface area contributed by atoms with Crippen molar-refractivity contribution in [2.24, 2.45) is 0 Å². The number of aromatic nitrogens is 1. The summed E-state index contributed by atoms with van der Waals surface area (Å²) in [4.78, 5) is 4.33. The minimum Gasteiger partial charge on any atom is -0.310 e. The number of nitrogens with zero attached hydrogens (tertiary/aromatic N) is 1. The second-order valence-electron chi connectivity index (χ2n) is 4.79. The molecule has 2 nitrogen and oxygen atoms in total. The van der Waals surface area contributed by atoms with E-state index < -0.39 is 0 Å². The predicted molar refractivity (Wildman–Crippen MR) is 78.9 cm³/mol. The zero-order chi connectivity index (χ0) is 12.2. The maximum Gasteiger partial charge on any atom is 0.0346 e. The van der Waals surface area contributed by atoms with E-state index in [9.17, 15) is 0 Å². The van der Waals surface area contributed by atoms with Gasteiger partial charge < -0.3 is 5.32 Å². The Hall–Kier alpha value is -1.06. The van der Waals surface area contributed by atoms with Gasteiger partial charge in [0.15, 0.2) is 0 Å². The van der Waals surface area contributed by atoms with Crippen LogP contribution in [-0.4, -0.2) is 22.5 Å². The van der Waals surface area contributed by atoms with Crippen LogP contribution >= 0.6 is 11.8 Å². The molecule has 1 aromatic heterocycles. The molecule has 0 unspecified atom stereocenters. The van der Waals surface area contributed by atoms with Crippen LogP contribution in [0.5, 0.6) is 0 Å². The molecule has 2 heterocycles. The van der Waals surface area contributed by atoms with E-state index in [2.05, 4.69) is 46.3 Å². The molecule has 0 saturated carbocycles. The highest BCUT2D eigenvalue weighted by Gasteiger charge is 2.13. The van der Waals surface area contributed by atoms with E-state index in [-0.39, 0.29) is 0 Å². The monoisotopic (exact) mass is 258 g/mol. The fourth-order valence-electron chi connectivity index (χ4n) is 2.48. The fraction of sp³-hybridized carbons (Fsp3) is 0.400. The first-order valence-electron chi connectivity index (χ1n) is 6.56. The molecule has 0 bridgehead atoms. The number of pyridine rings is 1. The molecule has 1 aliphatic rings. The lowest BCUT2D eigenvalue weighted by atomic mass is 10.1. The second kappa shape index (κ2) is 5.72. The smallest absolute Gasteiger partial charge is 0.0346 e. The van der Waals surface area contributed by atoms with Gasteiger partial charge in [0.05, 0.1) is 0 Å². The van der Waals surface area contributed by atoms with Gasteiger partial charge in [-0.1, -0.05) is 24.3 Å². The van der Waals surface area contributed by atoms with E-state index in [4.69, 9.17) is 0 Å². The molecule has 1 N–H and O–H groups in total. The third-order valence-corrected chi connectivity index (χ3v) is 4.60. The van der Waals surface area contributed by atoms with Crippen molar-refractivity contribution in [2.75, 3.05) is 11.5 Å². The summed E-state index contributed by atoms with van der Waals surface area (Å²) in [6.07, 6.45) is 6.52. The second-order valence-corrected chi connectivity index (χ2v) is 6.01. The molecule has 1 saturated heterocycles. The average molecular weight is 258 g/mol. The summed E-state index contributed by atoms with van der Waals surface area (Å²) in [7, 11) is 0. The summed E-state index contributed by atoms with van der Waals surface area (Å²) in [5, 5.41) is 6.23. The molecule has 0 aliphatic carbocycles. The first-order valence-corrected chi connectivity index (χ1v) is 7.72. The van der Waals surface area contributed by atoms with Gasteiger partial charge in [0.1, 0.15) is 0 Å². The third-order valence-electron chi connectivity index (χ3n) is 3.55. The van der Waals surface area contributed by atoms with Crippen molar-refractivity contribution in [1.29, 1.82) is 0 Å². The van der Waals surface area contributed by atoms with Crippen LogP contribution in [0.4, 0.5) is 0 Å². The molecule has 0 radical (unpaired) electrons. The molecule has 1 aromatic carbocycles. The topological polar surface area (TPSA) is 24.9 Å². The number of hydrogen-bond acceptors (Lipinski definition) is 3. The van der Waals surface area contributed by atoms with E-state index in [1.807, 2.05) is 12.4 Å². The lowest BCUT2D eigenvalue weighted by Crippen LogP contribution is -2.32. The van der Waals surface area contributed by atoms with Crippen LogP contribution in [0.3, 0.4) is 0 Å². The molecule has 3 heteroatoms. The highest BCUT2D eigenvalue weighted by Crippen LogP contribution is 2.19. The molecule has 1 fully saturated rings. The minimum absolute atomic E-state index is 0.685.